The summed E-state index contributed by atoms with van der Waals surface area (Å²) in [6.07, 6.45) is 0.449. The van der Waals surface area contributed by atoms with Gasteiger partial charge in [0.15, 0.2) is 0 Å². The highest BCUT2D eigenvalue weighted by atomic mass is 16.2. The molecule has 3 nitrogen and oxygen atoms in total. The minimum atomic E-state index is 0.0296. The summed E-state index contributed by atoms with van der Waals surface area (Å²) in [5.41, 5.74) is 2.45. The van der Waals surface area contributed by atoms with Crippen LogP contribution in [0.5, 0.6) is 0 Å². The number of benzene rings is 1. The van der Waals surface area contributed by atoms with Gasteiger partial charge in [0, 0.05) is 31.1 Å². The summed E-state index contributed by atoms with van der Waals surface area (Å²) < 4.78 is 0. The van der Waals surface area contributed by atoms with E-state index < -0.39 is 0 Å². The van der Waals surface area contributed by atoms with Crippen molar-refractivity contribution in [3.05, 3.63) is 34.9 Å². The number of rotatable bonds is 4. The number of aliphatic hydroxyl groups is 1. The maximum absolute atomic E-state index is 12.4. The Morgan fingerprint density at radius 3 is 2.70 bits per heavy atom. The Morgan fingerprint density at radius 2 is 2.10 bits per heavy atom. The van der Waals surface area contributed by atoms with Crippen LogP contribution in [0.2, 0.25) is 0 Å². The SMILES string of the molecule is Cc1c(C#CCCO)cccc1C(=O)N(C)CC(C)C. The first-order valence-electron chi connectivity index (χ1n) is 6.92. The molecule has 0 aliphatic rings. The van der Waals surface area contributed by atoms with Crippen LogP contribution in [0.3, 0.4) is 0 Å². The Balaban J connectivity index is 3.00. The predicted molar refractivity (Wildman–Crippen MR) is 81.6 cm³/mol. The van der Waals surface area contributed by atoms with E-state index in [0.717, 1.165) is 17.7 Å². The topological polar surface area (TPSA) is 40.5 Å². The smallest absolute Gasteiger partial charge is 0.253 e. The summed E-state index contributed by atoms with van der Waals surface area (Å²) in [5, 5.41) is 8.75. The normalized spacial score (nSPS) is 10.1. The van der Waals surface area contributed by atoms with Gasteiger partial charge < -0.3 is 10.0 Å². The van der Waals surface area contributed by atoms with Crippen molar-refractivity contribution in [3.8, 4) is 11.8 Å². The Hall–Kier alpha value is -1.79. The second-order valence-corrected chi connectivity index (χ2v) is 5.33. The van der Waals surface area contributed by atoms with Crippen molar-refractivity contribution < 1.29 is 9.90 Å². The number of amides is 1. The molecule has 0 saturated heterocycles. The number of carbonyl (C=O) groups excluding carboxylic acids is 1. The first kappa shape index (κ1) is 16.3. The van der Waals surface area contributed by atoms with E-state index in [2.05, 4.69) is 25.7 Å². The average Bonchev–Trinajstić information content (AvgIpc) is 2.39. The van der Waals surface area contributed by atoms with Gasteiger partial charge >= 0.3 is 0 Å². The standard InChI is InChI=1S/C17H23NO2/c1-13(2)12-18(4)17(20)16-10-7-9-15(14(16)3)8-5-6-11-19/h7,9-10,13,19H,6,11-12H2,1-4H3. The van der Waals surface area contributed by atoms with Crippen molar-refractivity contribution in [1.29, 1.82) is 0 Å². The van der Waals surface area contributed by atoms with E-state index in [1.807, 2.05) is 32.2 Å². The Morgan fingerprint density at radius 1 is 1.40 bits per heavy atom. The quantitative estimate of drug-likeness (QED) is 0.856. The lowest BCUT2D eigenvalue weighted by molar-refractivity contribution is 0.0778. The molecule has 0 aromatic heterocycles. The van der Waals surface area contributed by atoms with E-state index in [4.69, 9.17) is 5.11 Å². The summed E-state index contributed by atoms with van der Waals surface area (Å²) in [4.78, 5) is 14.2. The van der Waals surface area contributed by atoms with Crippen LogP contribution in [-0.2, 0) is 0 Å². The Labute approximate surface area is 121 Å². The molecule has 0 radical (unpaired) electrons. The number of hydrogen-bond donors (Lipinski definition) is 1. The molecule has 0 heterocycles. The van der Waals surface area contributed by atoms with E-state index in [1.165, 1.54) is 0 Å². The van der Waals surface area contributed by atoms with Crippen LogP contribution in [0.15, 0.2) is 18.2 Å². The van der Waals surface area contributed by atoms with Crippen LogP contribution in [-0.4, -0.2) is 36.1 Å². The van der Waals surface area contributed by atoms with Crippen molar-refractivity contribution in [2.24, 2.45) is 5.92 Å². The molecule has 1 amide bonds. The van der Waals surface area contributed by atoms with Crippen molar-refractivity contribution in [3.63, 3.8) is 0 Å². The lowest BCUT2D eigenvalue weighted by atomic mass is 10.0. The minimum absolute atomic E-state index is 0.0296. The van der Waals surface area contributed by atoms with Gasteiger partial charge in [0.05, 0.1) is 6.61 Å². The zero-order valence-corrected chi connectivity index (χ0v) is 12.7. The summed E-state index contributed by atoms with van der Waals surface area (Å²) >= 11 is 0. The molecule has 1 aromatic carbocycles. The van der Waals surface area contributed by atoms with Gasteiger partial charge in [0.25, 0.3) is 5.91 Å². The molecule has 0 aliphatic carbocycles. The molecule has 1 aromatic rings. The van der Waals surface area contributed by atoms with Gasteiger partial charge in [-0.1, -0.05) is 31.8 Å². The van der Waals surface area contributed by atoms with Crippen LogP contribution >= 0.6 is 0 Å². The maximum Gasteiger partial charge on any atom is 0.253 e. The molecule has 0 saturated carbocycles. The van der Waals surface area contributed by atoms with Crippen LogP contribution < -0.4 is 0 Å². The third-order valence-corrected chi connectivity index (χ3v) is 3.01. The van der Waals surface area contributed by atoms with Gasteiger partial charge in [-0.05, 0) is 30.5 Å². The summed E-state index contributed by atoms with van der Waals surface area (Å²) in [6, 6.07) is 5.59. The third-order valence-electron chi connectivity index (χ3n) is 3.01. The number of hydrogen-bond acceptors (Lipinski definition) is 2. The molecular formula is C17H23NO2. The summed E-state index contributed by atoms with van der Waals surface area (Å²) in [5.74, 6) is 6.37. The second-order valence-electron chi connectivity index (χ2n) is 5.33. The molecule has 0 fully saturated rings. The zero-order valence-electron chi connectivity index (χ0n) is 12.7. The largest absolute Gasteiger partial charge is 0.395 e. The van der Waals surface area contributed by atoms with Crippen molar-refractivity contribution in [1.82, 2.24) is 4.90 Å². The van der Waals surface area contributed by atoms with Gasteiger partial charge in [-0.15, -0.1) is 0 Å². The molecular weight excluding hydrogens is 250 g/mol. The zero-order chi connectivity index (χ0) is 15.1. The van der Waals surface area contributed by atoms with Crippen LogP contribution in [0.25, 0.3) is 0 Å². The molecule has 0 bridgehead atoms. The van der Waals surface area contributed by atoms with Crippen molar-refractivity contribution in [2.45, 2.75) is 27.2 Å². The van der Waals surface area contributed by atoms with Gasteiger partial charge in [0.1, 0.15) is 0 Å². The first-order valence-corrected chi connectivity index (χ1v) is 6.92. The molecule has 0 atom stereocenters. The Kier molecular flexibility index (Phi) is 6.27. The van der Waals surface area contributed by atoms with E-state index in [9.17, 15) is 4.79 Å². The van der Waals surface area contributed by atoms with Gasteiger partial charge in [-0.3, -0.25) is 4.79 Å². The predicted octanol–water partition coefficient (Wildman–Crippen LogP) is 2.46. The molecule has 108 valence electrons. The second kappa shape index (κ2) is 7.72. The lowest BCUT2D eigenvalue weighted by Gasteiger charge is -2.20. The fraction of sp³-hybridized carbons (Fsp3) is 0.471. The van der Waals surface area contributed by atoms with Crippen molar-refractivity contribution >= 4 is 5.91 Å². The van der Waals surface area contributed by atoms with E-state index >= 15 is 0 Å². The lowest BCUT2D eigenvalue weighted by Crippen LogP contribution is -2.30. The molecule has 0 unspecified atom stereocenters. The summed E-state index contributed by atoms with van der Waals surface area (Å²) in [7, 11) is 1.83. The number of aliphatic hydroxyl groups excluding tert-OH is 1. The molecule has 1 rings (SSSR count). The van der Waals surface area contributed by atoms with Gasteiger partial charge in [-0.25, -0.2) is 0 Å². The fourth-order valence-electron chi connectivity index (χ4n) is 2.05. The average molecular weight is 273 g/mol. The molecule has 20 heavy (non-hydrogen) atoms. The molecule has 0 spiro atoms. The number of carbonyl (C=O) groups is 1. The number of nitrogens with zero attached hydrogens (tertiary/aromatic N) is 1. The Bertz CT molecular complexity index is 524. The van der Waals surface area contributed by atoms with Gasteiger partial charge in [0.2, 0.25) is 0 Å². The molecule has 3 heteroatoms. The first-order chi connectivity index (χ1) is 9.47. The fourth-order valence-corrected chi connectivity index (χ4v) is 2.05. The van der Waals surface area contributed by atoms with Crippen LogP contribution in [0.1, 0.15) is 41.8 Å². The monoisotopic (exact) mass is 273 g/mol. The van der Waals surface area contributed by atoms with E-state index in [-0.39, 0.29) is 12.5 Å². The maximum atomic E-state index is 12.4. The van der Waals surface area contributed by atoms with E-state index in [0.29, 0.717) is 17.9 Å². The summed E-state index contributed by atoms with van der Waals surface area (Å²) in [6.45, 7) is 6.89. The molecule has 0 aliphatic heterocycles. The highest BCUT2D eigenvalue weighted by Gasteiger charge is 2.15. The molecule has 1 N–H and O–H groups in total. The minimum Gasteiger partial charge on any atom is -0.395 e. The van der Waals surface area contributed by atoms with Crippen LogP contribution in [0.4, 0.5) is 0 Å². The van der Waals surface area contributed by atoms with Gasteiger partial charge in [-0.2, -0.15) is 0 Å². The highest BCUT2D eigenvalue weighted by molar-refractivity contribution is 5.96. The van der Waals surface area contributed by atoms with E-state index in [1.54, 1.807) is 4.90 Å². The highest BCUT2D eigenvalue weighted by Crippen LogP contribution is 2.15. The van der Waals surface area contributed by atoms with Crippen LogP contribution in [0, 0.1) is 24.7 Å². The third kappa shape index (κ3) is 4.40. The van der Waals surface area contributed by atoms with Crippen molar-refractivity contribution in [2.75, 3.05) is 20.2 Å².